The Morgan fingerprint density at radius 1 is 1.34 bits per heavy atom. The highest BCUT2D eigenvalue weighted by atomic mass is 79.9. The number of ether oxygens (including phenoxy) is 1. The van der Waals surface area contributed by atoms with Crippen LogP contribution in [0.25, 0.3) is 0 Å². The van der Waals surface area contributed by atoms with Gasteiger partial charge in [0.25, 0.3) is 11.9 Å². The number of terminal acetylenes is 1. The minimum Gasteiger partial charge on any atom is -0.481 e. The minimum atomic E-state index is -1.46. The summed E-state index contributed by atoms with van der Waals surface area (Å²) >= 11 is 3.44. The summed E-state index contributed by atoms with van der Waals surface area (Å²) in [5, 5.41) is 18.4. The second-order valence-corrected chi connectivity index (χ2v) is 8.09. The highest BCUT2D eigenvalue weighted by Gasteiger charge is 2.67. The zero-order valence-corrected chi connectivity index (χ0v) is 17.1. The molecule has 0 saturated carbocycles. The Morgan fingerprint density at radius 3 is 2.83 bits per heavy atom. The van der Waals surface area contributed by atoms with Crippen LogP contribution in [0.4, 0.5) is 5.69 Å². The lowest BCUT2D eigenvalue weighted by atomic mass is 9.78. The number of benzene rings is 2. The summed E-state index contributed by atoms with van der Waals surface area (Å²) in [7, 11) is 0. The van der Waals surface area contributed by atoms with Gasteiger partial charge in [-0.2, -0.15) is 0 Å². The van der Waals surface area contributed by atoms with E-state index in [2.05, 4.69) is 32.5 Å². The third kappa shape index (κ3) is 2.89. The van der Waals surface area contributed by atoms with Crippen molar-refractivity contribution in [3.8, 4) is 18.1 Å². The summed E-state index contributed by atoms with van der Waals surface area (Å²) in [4.78, 5) is 25.1. The van der Waals surface area contributed by atoms with Crippen LogP contribution in [0.3, 0.4) is 0 Å². The zero-order valence-electron chi connectivity index (χ0n) is 15.5. The third-order valence-electron chi connectivity index (χ3n) is 5.61. The Labute approximate surface area is 176 Å². The van der Waals surface area contributed by atoms with Crippen molar-refractivity contribution < 1.29 is 14.5 Å². The number of rotatable bonds is 4. The third-order valence-corrected chi connectivity index (χ3v) is 6.10. The number of nitrogens with zero attached hydrogens (tertiary/aromatic N) is 1. The Balaban J connectivity index is 1.89. The van der Waals surface area contributed by atoms with Crippen molar-refractivity contribution in [2.45, 2.75) is 30.5 Å². The first-order valence-electron chi connectivity index (χ1n) is 9.08. The van der Waals surface area contributed by atoms with Gasteiger partial charge in [0, 0.05) is 32.3 Å². The molecule has 4 rings (SSSR count). The van der Waals surface area contributed by atoms with E-state index in [1.165, 1.54) is 0 Å². The Bertz CT molecular complexity index is 1050. The van der Waals surface area contributed by atoms with Crippen molar-refractivity contribution in [3.05, 3.63) is 68.2 Å². The first-order valence-corrected chi connectivity index (χ1v) is 9.87. The number of hydrogen-bond acceptors (Lipinski definition) is 5. The standard InChI is InChI=1S/C21H18BrN3O4/c1-3-10-29-17-9-8-13(22)11-14(17)18-12(2)24-21(19(18)25(27)28)15-6-4-5-7-16(15)23-20(21)26/h1,4-9,11-12,18-19,24H,10H2,2H3,(H,23,26)/t12-,18-,19+,21-/m0/s1. The monoisotopic (exact) mass is 455 g/mol. The van der Waals surface area contributed by atoms with Crippen LogP contribution in [0.5, 0.6) is 5.75 Å². The molecule has 0 unspecified atom stereocenters. The van der Waals surface area contributed by atoms with E-state index in [9.17, 15) is 14.9 Å². The Kier molecular flexibility index (Phi) is 4.81. The number of halogens is 1. The Hall–Kier alpha value is -2.89. The van der Waals surface area contributed by atoms with Crippen LogP contribution in [0.1, 0.15) is 24.0 Å². The molecule has 0 aromatic heterocycles. The second-order valence-electron chi connectivity index (χ2n) is 7.17. The van der Waals surface area contributed by atoms with Gasteiger partial charge in [-0.3, -0.25) is 20.2 Å². The van der Waals surface area contributed by atoms with Gasteiger partial charge >= 0.3 is 0 Å². The van der Waals surface area contributed by atoms with Crippen LogP contribution in [0.15, 0.2) is 46.9 Å². The summed E-state index contributed by atoms with van der Waals surface area (Å²) in [5.41, 5.74) is 0.339. The number of carbonyl (C=O) groups excluding carboxylic acids is 1. The molecule has 1 spiro atoms. The summed E-state index contributed by atoms with van der Waals surface area (Å²) in [6.07, 6.45) is 5.32. The van der Waals surface area contributed by atoms with Gasteiger partial charge in [-0.15, -0.1) is 6.42 Å². The molecule has 2 N–H and O–H groups in total. The normalized spacial score (nSPS) is 27.3. The van der Waals surface area contributed by atoms with Crippen LogP contribution < -0.4 is 15.4 Å². The molecule has 7 nitrogen and oxygen atoms in total. The van der Waals surface area contributed by atoms with Crippen molar-refractivity contribution in [2.24, 2.45) is 0 Å². The molecule has 1 amide bonds. The number of para-hydroxylation sites is 1. The molecule has 2 aliphatic heterocycles. The van der Waals surface area contributed by atoms with E-state index in [0.717, 1.165) is 4.47 Å². The second kappa shape index (κ2) is 7.17. The van der Waals surface area contributed by atoms with Gasteiger partial charge in [-0.05, 0) is 31.2 Å². The first-order chi connectivity index (χ1) is 13.9. The van der Waals surface area contributed by atoms with E-state index in [1.54, 1.807) is 42.5 Å². The summed E-state index contributed by atoms with van der Waals surface area (Å²) in [6, 6.07) is 10.8. The molecule has 0 aliphatic carbocycles. The molecule has 1 fully saturated rings. The number of amides is 1. The zero-order chi connectivity index (χ0) is 20.8. The molecule has 0 bridgehead atoms. The van der Waals surface area contributed by atoms with Crippen LogP contribution in [-0.2, 0) is 10.3 Å². The molecule has 2 heterocycles. The van der Waals surface area contributed by atoms with Gasteiger partial charge in [-0.1, -0.05) is 40.0 Å². The largest absolute Gasteiger partial charge is 0.481 e. The number of anilines is 1. The van der Waals surface area contributed by atoms with Crippen molar-refractivity contribution in [2.75, 3.05) is 11.9 Å². The van der Waals surface area contributed by atoms with Crippen molar-refractivity contribution in [1.82, 2.24) is 5.32 Å². The van der Waals surface area contributed by atoms with Gasteiger partial charge in [0.1, 0.15) is 12.4 Å². The van der Waals surface area contributed by atoms with Crippen LogP contribution in [0.2, 0.25) is 0 Å². The highest BCUT2D eigenvalue weighted by molar-refractivity contribution is 9.10. The molecule has 8 heteroatoms. The number of fused-ring (bicyclic) bond motifs is 2. The van der Waals surface area contributed by atoms with E-state index in [4.69, 9.17) is 11.2 Å². The van der Waals surface area contributed by atoms with Crippen molar-refractivity contribution in [1.29, 1.82) is 0 Å². The minimum absolute atomic E-state index is 0.0424. The number of hydrogen-bond donors (Lipinski definition) is 2. The number of nitro groups is 1. The lowest BCUT2D eigenvalue weighted by molar-refractivity contribution is -0.532. The average molecular weight is 456 g/mol. The number of nitrogens with one attached hydrogen (secondary N) is 2. The fourth-order valence-electron chi connectivity index (χ4n) is 4.55. The quantitative estimate of drug-likeness (QED) is 0.419. The molecule has 148 valence electrons. The lowest BCUT2D eigenvalue weighted by Gasteiger charge is -2.26. The maximum atomic E-state index is 13.1. The molecule has 2 aromatic carbocycles. The predicted octanol–water partition coefficient (Wildman–Crippen LogP) is 3.03. The maximum Gasteiger partial charge on any atom is 0.256 e. The van der Waals surface area contributed by atoms with Crippen LogP contribution in [-0.4, -0.2) is 29.5 Å². The molecule has 1 saturated heterocycles. The molecule has 29 heavy (non-hydrogen) atoms. The average Bonchev–Trinajstić information content (AvgIpc) is 3.15. The van der Waals surface area contributed by atoms with Gasteiger partial charge in [0.2, 0.25) is 0 Å². The summed E-state index contributed by atoms with van der Waals surface area (Å²) in [6.45, 7) is 1.89. The Morgan fingerprint density at radius 2 is 2.10 bits per heavy atom. The highest BCUT2D eigenvalue weighted by Crippen LogP contribution is 2.51. The van der Waals surface area contributed by atoms with Gasteiger partial charge in [0.05, 0.1) is 5.92 Å². The molecular weight excluding hydrogens is 438 g/mol. The van der Waals surface area contributed by atoms with Gasteiger partial charge in [-0.25, -0.2) is 0 Å². The summed E-state index contributed by atoms with van der Waals surface area (Å²) in [5.74, 6) is 1.85. The molecular formula is C21H18BrN3O4. The fourth-order valence-corrected chi connectivity index (χ4v) is 4.93. The molecule has 0 radical (unpaired) electrons. The van der Waals surface area contributed by atoms with Crippen LogP contribution in [0, 0.1) is 22.5 Å². The lowest BCUT2D eigenvalue weighted by Crippen LogP contribution is -2.54. The van der Waals surface area contributed by atoms with E-state index in [-0.39, 0.29) is 17.6 Å². The molecule has 2 aromatic rings. The van der Waals surface area contributed by atoms with Crippen LogP contribution >= 0.6 is 15.9 Å². The van der Waals surface area contributed by atoms with E-state index >= 15 is 0 Å². The SMILES string of the molecule is C#CCOc1ccc(Br)cc1[C@@H]1[C@H](C)N[C@]2(C(=O)Nc3ccccc32)[C@@H]1[N+](=O)[O-]. The van der Waals surface area contributed by atoms with E-state index in [1.807, 2.05) is 6.92 Å². The van der Waals surface area contributed by atoms with E-state index < -0.39 is 23.4 Å². The predicted molar refractivity (Wildman–Crippen MR) is 111 cm³/mol. The molecule has 2 aliphatic rings. The van der Waals surface area contributed by atoms with Gasteiger partial charge in [0.15, 0.2) is 5.54 Å². The van der Waals surface area contributed by atoms with Crippen molar-refractivity contribution >= 4 is 27.5 Å². The van der Waals surface area contributed by atoms with E-state index in [0.29, 0.717) is 22.6 Å². The fraction of sp³-hybridized carbons (Fsp3) is 0.286. The van der Waals surface area contributed by atoms with Gasteiger partial charge < -0.3 is 10.1 Å². The maximum absolute atomic E-state index is 13.1. The van der Waals surface area contributed by atoms with Crippen molar-refractivity contribution in [3.63, 3.8) is 0 Å². The number of carbonyl (C=O) groups is 1. The smallest absolute Gasteiger partial charge is 0.256 e. The summed E-state index contributed by atoms with van der Waals surface area (Å²) < 4.78 is 6.43. The molecule has 4 atom stereocenters. The first kappa shape index (κ1) is 19.4. The topological polar surface area (TPSA) is 93.5 Å².